The Kier molecular flexibility index (Phi) is 2.90. The van der Waals surface area contributed by atoms with Gasteiger partial charge < -0.3 is 14.8 Å². The Labute approximate surface area is 90.7 Å². The summed E-state index contributed by atoms with van der Waals surface area (Å²) in [6.45, 7) is 0.697. The second-order valence-electron chi connectivity index (χ2n) is 3.54. The SMILES string of the molecule is OCCc1nc(Br)c2n1CC(O)CC2. The van der Waals surface area contributed by atoms with E-state index in [1.54, 1.807) is 0 Å². The fraction of sp³-hybridized carbons (Fsp3) is 0.667. The lowest BCUT2D eigenvalue weighted by Gasteiger charge is -2.21. The molecule has 1 aromatic heterocycles. The molecule has 1 aliphatic rings. The summed E-state index contributed by atoms with van der Waals surface area (Å²) < 4.78 is 2.86. The highest BCUT2D eigenvalue weighted by Gasteiger charge is 2.22. The summed E-state index contributed by atoms with van der Waals surface area (Å²) in [5.74, 6) is 0.855. The number of nitrogens with zero attached hydrogens (tertiary/aromatic N) is 2. The summed E-state index contributed by atoms with van der Waals surface area (Å²) in [6, 6.07) is 0. The van der Waals surface area contributed by atoms with E-state index in [4.69, 9.17) is 5.11 Å². The zero-order chi connectivity index (χ0) is 10.1. The number of halogens is 1. The number of rotatable bonds is 2. The van der Waals surface area contributed by atoms with Gasteiger partial charge in [-0.3, -0.25) is 0 Å². The smallest absolute Gasteiger partial charge is 0.127 e. The molecule has 1 aromatic rings. The number of imidazole rings is 1. The molecule has 1 atom stereocenters. The van der Waals surface area contributed by atoms with Gasteiger partial charge in [-0.25, -0.2) is 4.98 Å². The highest BCUT2D eigenvalue weighted by Crippen LogP contribution is 2.25. The molecular formula is C9H13BrN2O2. The molecule has 2 heterocycles. The van der Waals surface area contributed by atoms with Crippen molar-refractivity contribution in [2.75, 3.05) is 6.61 Å². The van der Waals surface area contributed by atoms with E-state index in [-0.39, 0.29) is 12.7 Å². The molecule has 78 valence electrons. The van der Waals surface area contributed by atoms with Crippen LogP contribution in [0.5, 0.6) is 0 Å². The van der Waals surface area contributed by atoms with Gasteiger partial charge in [0.25, 0.3) is 0 Å². The predicted octanol–water partition coefficient (Wildman–Crippen LogP) is 0.488. The van der Waals surface area contributed by atoms with Crippen molar-refractivity contribution in [2.24, 2.45) is 0 Å². The van der Waals surface area contributed by atoms with E-state index in [0.717, 1.165) is 29.0 Å². The first-order valence-electron chi connectivity index (χ1n) is 4.75. The van der Waals surface area contributed by atoms with Crippen LogP contribution in [0.4, 0.5) is 0 Å². The lowest BCUT2D eigenvalue weighted by molar-refractivity contribution is 0.129. The van der Waals surface area contributed by atoms with Gasteiger partial charge in [0.1, 0.15) is 10.4 Å². The molecule has 0 saturated carbocycles. The van der Waals surface area contributed by atoms with Crippen LogP contribution in [0.15, 0.2) is 4.60 Å². The van der Waals surface area contributed by atoms with E-state index < -0.39 is 0 Å². The molecular weight excluding hydrogens is 248 g/mol. The average Bonchev–Trinajstić information content (AvgIpc) is 2.44. The number of hydrogen-bond acceptors (Lipinski definition) is 3. The van der Waals surface area contributed by atoms with E-state index >= 15 is 0 Å². The molecule has 0 amide bonds. The summed E-state index contributed by atoms with van der Waals surface area (Å²) in [5.41, 5.74) is 1.14. The van der Waals surface area contributed by atoms with Crippen molar-refractivity contribution in [2.45, 2.75) is 31.9 Å². The van der Waals surface area contributed by atoms with Gasteiger partial charge >= 0.3 is 0 Å². The number of hydrogen-bond donors (Lipinski definition) is 2. The minimum absolute atomic E-state index is 0.0962. The molecule has 0 aliphatic carbocycles. The maximum Gasteiger partial charge on any atom is 0.127 e. The molecule has 0 fully saturated rings. The third-order valence-electron chi connectivity index (χ3n) is 2.55. The first-order chi connectivity index (χ1) is 6.72. The van der Waals surface area contributed by atoms with E-state index in [1.807, 2.05) is 4.57 Å². The molecule has 0 radical (unpaired) electrons. The van der Waals surface area contributed by atoms with Crippen LogP contribution in [-0.4, -0.2) is 32.5 Å². The standard InChI is InChI=1S/C9H13BrN2O2/c10-9-7-2-1-6(14)5-12(7)8(11-9)3-4-13/h6,13-14H,1-5H2. The van der Waals surface area contributed by atoms with Crippen LogP contribution in [0, 0.1) is 0 Å². The van der Waals surface area contributed by atoms with E-state index in [1.165, 1.54) is 0 Å². The average molecular weight is 261 g/mol. The summed E-state index contributed by atoms with van der Waals surface area (Å²) in [7, 11) is 0. The minimum atomic E-state index is -0.277. The highest BCUT2D eigenvalue weighted by molar-refractivity contribution is 9.10. The first kappa shape index (κ1) is 10.1. The maximum absolute atomic E-state index is 9.53. The van der Waals surface area contributed by atoms with Crippen LogP contribution in [-0.2, 0) is 19.4 Å². The van der Waals surface area contributed by atoms with E-state index in [2.05, 4.69) is 20.9 Å². The lowest BCUT2D eigenvalue weighted by atomic mass is 10.1. The van der Waals surface area contributed by atoms with E-state index in [0.29, 0.717) is 13.0 Å². The summed E-state index contributed by atoms with van der Waals surface area (Å²) in [5, 5.41) is 18.4. The monoisotopic (exact) mass is 260 g/mol. The Bertz CT molecular complexity index is 338. The molecule has 14 heavy (non-hydrogen) atoms. The van der Waals surface area contributed by atoms with Gasteiger partial charge in [-0.05, 0) is 28.8 Å². The zero-order valence-corrected chi connectivity index (χ0v) is 9.37. The van der Waals surface area contributed by atoms with Crippen LogP contribution in [0.3, 0.4) is 0 Å². The van der Waals surface area contributed by atoms with Gasteiger partial charge in [0.15, 0.2) is 0 Å². The second kappa shape index (κ2) is 4.00. The van der Waals surface area contributed by atoms with Crippen molar-refractivity contribution in [3.05, 3.63) is 16.1 Å². The number of fused-ring (bicyclic) bond motifs is 1. The highest BCUT2D eigenvalue weighted by atomic mass is 79.9. The lowest BCUT2D eigenvalue weighted by Crippen LogP contribution is -2.25. The van der Waals surface area contributed by atoms with E-state index in [9.17, 15) is 5.11 Å². The molecule has 5 heteroatoms. The van der Waals surface area contributed by atoms with Crippen molar-refractivity contribution in [3.8, 4) is 0 Å². The topological polar surface area (TPSA) is 58.3 Å². The van der Waals surface area contributed by atoms with Crippen molar-refractivity contribution in [1.29, 1.82) is 0 Å². The quantitative estimate of drug-likeness (QED) is 0.814. The van der Waals surface area contributed by atoms with Gasteiger partial charge in [-0.1, -0.05) is 0 Å². The van der Waals surface area contributed by atoms with Gasteiger partial charge in [0.05, 0.1) is 24.9 Å². The largest absolute Gasteiger partial charge is 0.396 e. The first-order valence-corrected chi connectivity index (χ1v) is 5.54. The summed E-state index contributed by atoms with van der Waals surface area (Å²) in [4.78, 5) is 4.32. The van der Waals surface area contributed by atoms with Crippen LogP contribution >= 0.6 is 15.9 Å². The third kappa shape index (κ3) is 1.71. The summed E-state index contributed by atoms with van der Waals surface area (Å²) in [6.07, 6.45) is 1.91. The second-order valence-corrected chi connectivity index (χ2v) is 4.29. The molecule has 2 N–H and O–H groups in total. The molecule has 1 unspecified atom stereocenters. The minimum Gasteiger partial charge on any atom is -0.396 e. The Morgan fingerprint density at radius 3 is 3.07 bits per heavy atom. The normalized spacial score (nSPS) is 20.9. The van der Waals surface area contributed by atoms with Crippen molar-refractivity contribution < 1.29 is 10.2 Å². The molecule has 4 nitrogen and oxygen atoms in total. The Morgan fingerprint density at radius 1 is 1.57 bits per heavy atom. The Balaban J connectivity index is 2.34. The molecule has 0 aromatic carbocycles. The van der Waals surface area contributed by atoms with Crippen LogP contribution in [0.2, 0.25) is 0 Å². The molecule has 0 bridgehead atoms. The van der Waals surface area contributed by atoms with Gasteiger partial charge in [0.2, 0.25) is 0 Å². The molecule has 1 aliphatic heterocycles. The van der Waals surface area contributed by atoms with Crippen molar-refractivity contribution in [1.82, 2.24) is 9.55 Å². The zero-order valence-electron chi connectivity index (χ0n) is 7.78. The van der Waals surface area contributed by atoms with Crippen LogP contribution in [0.1, 0.15) is 17.9 Å². The number of aliphatic hydroxyl groups is 2. The van der Waals surface area contributed by atoms with Gasteiger partial charge in [-0.2, -0.15) is 0 Å². The van der Waals surface area contributed by atoms with Crippen LogP contribution < -0.4 is 0 Å². The predicted molar refractivity (Wildman–Crippen MR) is 55.0 cm³/mol. The van der Waals surface area contributed by atoms with Crippen molar-refractivity contribution in [3.63, 3.8) is 0 Å². The third-order valence-corrected chi connectivity index (χ3v) is 3.18. The van der Waals surface area contributed by atoms with Gasteiger partial charge in [-0.15, -0.1) is 0 Å². The number of aromatic nitrogens is 2. The van der Waals surface area contributed by atoms with Crippen molar-refractivity contribution >= 4 is 15.9 Å². The van der Waals surface area contributed by atoms with Gasteiger partial charge in [0, 0.05) is 6.42 Å². The summed E-state index contributed by atoms with van der Waals surface area (Å²) >= 11 is 3.40. The maximum atomic E-state index is 9.53. The molecule has 0 spiro atoms. The fourth-order valence-corrected chi connectivity index (χ4v) is 2.47. The Hall–Kier alpha value is -0.390. The Morgan fingerprint density at radius 2 is 2.36 bits per heavy atom. The van der Waals surface area contributed by atoms with Crippen LogP contribution in [0.25, 0.3) is 0 Å². The molecule has 2 rings (SSSR count). The number of aliphatic hydroxyl groups excluding tert-OH is 2. The fourth-order valence-electron chi connectivity index (χ4n) is 1.86. The molecule has 0 saturated heterocycles.